The van der Waals surface area contributed by atoms with Crippen LogP contribution in [0.1, 0.15) is 18.9 Å². The first-order valence-corrected chi connectivity index (χ1v) is 8.96. The molecular weight excluding hydrogens is 353 g/mol. The minimum atomic E-state index is -4.71. The van der Waals surface area contributed by atoms with E-state index in [4.69, 9.17) is 17.3 Å². The van der Waals surface area contributed by atoms with Crippen molar-refractivity contribution in [1.82, 2.24) is 4.31 Å². The zero-order valence-corrected chi connectivity index (χ0v) is 14.0. The molecule has 1 aliphatic rings. The van der Waals surface area contributed by atoms with E-state index >= 15 is 0 Å². The molecule has 2 rings (SSSR count). The molecule has 0 amide bonds. The number of alkyl halides is 3. The molecule has 1 aromatic carbocycles. The van der Waals surface area contributed by atoms with Crippen LogP contribution in [0.5, 0.6) is 0 Å². The highest BCUT2D eigenvalue weighted by atomic mass is 35.5. The van der Waals surface area contributed by atoms with Gasteiger partial charge >= 0.3 is 6.18 Å². The summed E-state index contributed by atoms with van der Waals surface area (Å²) >= 11 is 5.54. The van der Waals surface area contributed by atoms with Crippen LogP contribution in [0.15, 0.2) is 23.1 Å². The summed E-state index contributed by atoms with van der Waals surface area (Å²) in [6, 6.07) is 2.65. The van der Waals surface area contributed by atoms with Crippen molar-refractivity contribution in [3.8, 4) is 0 Å². The summed E-state index contributed by atoms with van der Waals surface area (Å²) in [7, 11) is -4.01. The van der Waals surface area contributed by atoms with Gasteiger partial charge in [-0.05, 0) is 43.0 Å². The molecule has 4 nitrogen and oxygen atoms in total. The minimum Gasteiger partial charge on any atom is -0.330 e. The highest BCUT2D eigenvalue weighted by molar-refractivity contribution is 7.89. The zero-order chi connectivity index (χ0) is 17.4. The Kier molecular flexibility index (Phi) is 5.30. The molecule has 2 unspecified atom stereocenters. The fourth-order valence-corrected chi connectivity index (χ4v) is 4.44. The van der Waals surface area contributed by atoms with E-state index < -0.39 is 31.7 Å². The predicted octanol–water partition coefficient (Wildman–Crippen LogP) is 2.96. The average Bonchev–Trinajstić information content (AvgIpc) is 2.46. The maximum atomic E-state index is 12.9. The van der Waals surface area contributed by atoms with Crippen LogP contribution in [0, 0.1) is 11.8 Å². The first-order valence-electron chi connectivity index (χ1n) is 7.14. The molecule has 2 atom stereocenters. The molecule has 9 heteroatoms. The lowest BCUT2D eigenvalue weighted by Crippen LogP contribution is -2.45. The molecule has 23 heavy (non-hydrogen) atoms. The molecule has 0 bridgehead atoms. The zero-order valence-electron chi connectivity index (χ0n) is 12.5. The average molecular weight is 371 g/mol. The normalized spacial score (nSPS) is 23.9. The Morgan fingerprint density at radius 3 is 2.61 bits per heavy atom. The van der Waals surface area contributed by atoms with Crippen LogP contribution in [0.25, 0.3) is 0 Å². The van der Waals surface area contributed by atoms with E-state index in [0.29, 0.717) is 19.0 Å². The van der Waals surface area contributed by atoms with Crippen molar-refractivity contribution in [2.75, 3.05) is 19.6 Å². The monoisotopic (exact) mass is 370 g/mol. The molecule has 1 aliphatic heterocycles. The van der Waals surface area contributed by atoms with Crippen molar-refractivity contribution in [3.05, 3.63) is 28.8 Å². The Morgan fingerprint density at radius 1 is 1.39 bits per heavy atom. The van der Waals surface area contributed by atoms with Gasteiger partial charge in [0.1, 0.15) is 0 Å². The van der Waals surface area contributed by atoms with Crippen molar-refractivity contribution in [1.29, 1.82) is 0 Å². The van der Waals surface area contributed by atoms with Gasteiger partial charge in [-0.25, -0.2) is 8.42 Å². The van der Waals surface area contributed by atoms with Gasteiger partial charge in [-0.1, -0.05) is 18.5 Å². The molecule has 1 saturated heterocycles. The third-order valence-electron chi connectivity index (χ3n) is 4.26. The largest absolute Gasteiger partial charge is 0.417 e. The van der Waals surface area contributed by atoms with Gasteiger partial charge in [0.15, 0.2) is 0 Å². The fourth-order valence-electron chi connectivity index (χ4n) is 2.67. The van der Waals surface area contributed by atoms with Crippen LogP contribution in [-0.2, 0) is 16.2 Å². The summed E-state index contributed by atoms with van der Waals surface area (Å²) in [4.78, 5) is -0.403. The summed E-state index contributed by atoms with van der Waals surface area (Å²) in [5.41, 5.74) is 4.50. The summed E-state index contributed by atoms with van der Waals surface area (Å²) in [6.07, 6.45) is -4.08. The molecule has 130 valence electrons. The van der Waals surface area contributed by atoms with E-state index in [2.05, 4.69) is 0 Å². The second-order valence-corrected chi connectivity index (χ2v) is 8.11. The number of nitrogens with zero attached hydrogens (tertiary/aromatic N) is 1. The van der Waals surface area contributed by atoms with Crippen LogP contribution in [0.4, 0.5) is 13.2 Å². The maximum Gasteiger partial charge on any atom is 0.417 e. The number of sulfonamides is 1. The number of benzene rings is 1. The number of hydrogen-bond donors (Lipinski definition) is 1. The Bertz CT molecular complexity index is 679. The highest BCUT2D eigenvalue weighted by Crippen LogP contribution is 2.37. The van der Waals surface area contributed by atoms with E-state index in [-0.39, 0.29) is 24.9 Å². The van der Waals surface area contributed by atoms with Crippen molar-refractivity contribution in [2.24, 2.45) is 17.6 Å². The standard InChI is InChI=1S/C14H18ClF3N2O2S/c1-9-4-5-20(8-10(9)7-19)23(21,22)11-2-3-13(15)12(6-11)14(16,17)18/h2-3,6,9-10H,4-5,7-8,19H2,1H3. The first kappa shape index (κ1) is 18.5. The van der Waals surface area contributed by atoms with Crippen LogP contribution in [-0.4, -0.2) is 32.4 Å². The van der Waals surface area contributed by atoms with Gasteiger partial charge in [0.2, 0.25) is 10.0 Å². The highest BCUT2D eigenvalue weighted by Gasteiger charge is 2.37. The van der Waals surface area contributed by atoms with Gasteiger partial charge in [-0.2, -0.15) is 17.5 Å². The quantitative estimate of drug-likeness (QED) is 0.889. The molecule has 1 fully saturated rings. The van der Waals surface area contributed by atoms with Gasteiger partial charge in [-0.15, -0.1) is 0 Å². The second-order valence-electron chi connectivity index (χ2n) is 5.76. The number of piperidine rings is 1. The van der Waals surface area contributed by atoms with Gasteiger partial charge < -0.3 is 5.73 Å². The molecule has 1 heterocycles. The molecule has 0 saturated carbocycles. The topological polar surface area (TPSA) is 63.4 Å². The third-order valence-corrected chi connectivity index (χ3v) is 6.45. The van der Waals surface area contributed by atoms with E-state index in [1.807, 2.05) is 6.92 Å². The molecule has 0 aliphatic carbocycles. The number of nitrogens with two attached hydrogens (primary N) is 1. The van der Waals surface area contributed by atoms with Gasteiger partial charge in [0.05, 0.1) is 15.5 Å². The van der Waals surface area contributed by atoms with Crippen LogP contribution in [0.2, 0.25) is 5.02 Å². The lowest BCUT2D eigenvalue weighted by Gasteiger charge is -2.35. The predicted molar refractivity (Wildman–Crippen MR) is 81.5 cm³/mol. The van der Waals surface area contributed by atoms with E-state index in [1.165, 1.54) is 4.31 Å². The van der Waals surface area contributed by atoms with Gasteiger partial charge in [-0.3, -0.25) is 0 Å². The summed E-state index contributed by atoms with van der Waals surface area (Å²) in [5.74, 6) is 0.273. The SMILES string of the molecule is CC1CCN(S(=O)(=O)c2ccc(Cl)c(C(F)(F)F)c2)CC1CN. The van der Waals surface area contributed by atoms with E-state index in [0.717, 1.165) is 12.1 Å². The van der Waals surface area contributed by atoms with Crippen LogP contribution < -0.4 is 5.73 Å². The molecule has 2 N–H and O–H groups in total. The van der Waals surface area contributed by atoms with Crippen LogP contribution >= 0.6 is 11.6 Å². The Morgan fingerprint density at radius 2 is 2.04 bits per heavy atom. The summed E-state index contributed by atoms with van der Waals surface area (Å²) in [6.45, 7) is 2.81. The maximum absolute atomic E-state index is 12.9. The smallest absolute Gasteiger partial charge is 0.330 e. The number of hydrogen-bond acceptors (Lipinski definition) is 3. The lowest BCUT2D eigenvalue weighted by molar-refractivity contribution is -0.137. The molecule has 0 aromatic heterocycles. The summed E-state index contributed by atoms with van der Waals surface area (Å²) < 4.78 is 65.2. The first-order chi connectivity index (χ1) is 10.6. The lowest BCUT2D eigenvalue weighted by atomic mass is 9.88. The van der Waals surface area contributed by atoms with Crippen molar-refractivity contribution >= 4 is 21.6 Å². The second kappa shape index (κ2) is 6.58. The Labute approximate surface area is 138 Å². The van der Waals surface area contributed by atoms with Gasteiger partial charge in [0, 0.05) is 13.1 Å². The van der Waals surface area contributed by atoms with Gasteiger partial charge in [0.25, 0.3) is 0 Å². The minimum absolute atomic E-state index is 0.00656. The molecule has 0 spiro atoms. The number of halogens is 4. The number of rotatable bonds is 3. The van der Waals surface area contributed by atoms with E-state index in [9.17, 15) is 21.6 Å². The third kappa shape index (κ3) is 3.81. The van der Waals surface area contributed by atoms with E-state index in [1.54, 1.807) is 0 Å². The Balaban J connectivity index is 2.37. The molecule has 1 aromatic rings. The summed E-state index contributed by atoms with van der Waals surface area (Å²) in [5, 5.41) is -0.524. The van der Waals surface area contributed by atoms with Crippen molar-refractivity contribution in [2.45, 2.75) is 24.4 Å². The van der Waals surface area contributed by atoms with Crippen molar-refractivity contribution in [3.63, 3.8) is 0 Å². The molecule has 0 radical (unpaired) electrons. The van der Waals surface area contributed by atoms with Crippen LogP contribution in [0.3, 0.4) is 0 Å². The molecular formula is C14H18ClF3N2O2S. The fraction of sp³-hybridized carbons (Fsp3) is 0.571. The Hall–Kier alpha value is -0.830. The van der Waals surface area contributed by atoms with Crippen molar-refractivity contribution < 1.29 is 21.6 Å².